The quantitative estimate of drug-likeness (QED) is 0.270. The Morgan fingerprint density at radius 1 is 1.03 bits per heavy atom. The monoisotopic (exact) mass is 400 g/mol. The molecule has 6 nitrogen and oxygen atoms in total. The van der Waals surface area contributed by atoms with Gasteiger partial charge in [-0.15, -0.1) is 0 Å². The zero-order valence-corrected chi connectivity index (χ0v) is 16.9. The lowest BCUT2D eigenvalue weighted by Gasteiger charge is -2.12. The van der Waals surface area contributed by atoms with Gasteiger partial charge >= 0.3 is 0 Å². The molecular weight excluding hydrogens is 376 g/mol. The normalized spacial score (nSPS) is 11.5. The number of hydrogen-bond acceptors (Lipinski definition) is 5. The van der Waals surface area contributed by atoms with E-state index < -0.39 is 0 Å². The van der Waals surface area contributed by atoms with Crippen LogP contribution in [0.1, 0.15) is 18.9 Å². The topological polar surface area (TPSA) is 68.5 Å². The number of ether oxygens (including phenoxy) is 1. The Bertz CT molecular complexity index is 1240. The van der Waals surface area contributed by atoms with E-state index in [2.05, 4.69) is 33.7 Å². The predicted molar refractivity (Wildman–Crippen MR) is 122 cm³/mol. The molecule has 0 saturated heterocycles. The molecule has 30 heavy (non-hydrogen) atoms. The fourth-order valence-corrected chi connectivity index (χ4v) is 3.45. The van der Waals surface area contributed by atoms with E-state index in [1.807, 2.05) is 49.4 Å². The Balaban J connectivity index is 1.65. The first kappa shape index (κ1) is 19.8. The van der Waals surface area contributed by atoms with E-state index in [1.54, 1.807) is 16.8 Å². The number of hydrazone groups is 1. The Morgan fingerprint density at radius 2 is 1.80 bits per heavy atom. The van der Waals surface area contributed by atoms with Gasteiger partial charge in [0.1, 0.15) is 0 Å². The van der Waals surface area contributed by atoms with Gasteiger partial charge in [-0.2, -0.15) is 5.10 Å². The number of anilines is 1. The number of hydrogen-bond donors (Lipinski definition) is 1. The number of benzene rings is 3. The minimum Gasteiger partial charge on any atom is -0.382 e. The predicted octanol–water partition coefficient (Wildman–Crippen LogP) is 4.42. The Morgan fingerprint density at radius 3 is 2.67 bits per heavy atom. The molecule has 0 atom stereocenters. The van der Waals surface area contributed by atoms with Crippen molar-refractivity contribution in [1.29, 1.82) is 0 Å². The molecule has 0 aliphatic heterocycles. The lowest BCUT2D eigenvalue weighted by Crippen LogP contribution is -2.25. The standard InChI is InChI=1S/C24H24N4O2/c1-2-30-16-8-15-28-23(29)21-13-5-6-14-22(21)26-24(28)27-25-17-19-11-7-10-18-9-3-4-12-20(18)19/h3-7,9-14,17H,2,8,15-16H2,1H3,(H,26,27)/b25-17-. The van der Waals surface area contributed by atoms with Crippen LogP contribution in [0.25, 0.3) is 21.7 Å². The van der Waals surface area contributed by atoms with Crippen molar-refractivity contribution >= 4 is 33.8 Å². The third kappa shape index (κ3) is 4.23. The molecule has 4 aromatic rings. The fourth-order valence-electron chi connectivity index (χ4n) is 3.45. The largest absolute Gasteiger partial charge is 0.382 e. The third-order valence-corrected chi connectivity index (χ3v) is 4.93. The highest BCUT2D eigenvalue weighted by atomic mass is 16.5. The molecule has 0 aliphatic carbocycles. The zero-order chi connectivity index (χ0) is 20.8. The molecule has 0 aliphatic rings. The van der Waals surface area contributed by atoms with Gasteiger partial charge in [0.05, 0.1) is 17.1 Å². The molecule has 0 unspecified atom stereocenters. The lowest BCUT2D eigenvalue weighted by molar-refractivity contribution is 0.141. The second kappa shape index (κ2) is 9.33. The molecule has 0 bridgehead atoms. The molecule has 1 N–H and O–H groups in total. The highest BCUT2D eigenvalue weighted by molar-refractivity contribution is 5.99. The van der Waals surface area contributed by atoms with Crippen LogP contribution in [-0.2, 0) is 11.3 Å². The van der Waals surface area contributed by atoms with Crippen molar-refractivity contribution in [3.63, 3.8) is 0 Å². The average molecular weight is 400 g/mol. The number of nitrogens with one attached hydrogen (secondary N) is 1. The van der Waals surface area contributed by atoms with Gasteiger partial charge in [0.25, 0.3) is 5.56 Å². The van der Waals surface area contributed by atoms with Gasteiger partial charge in [0, 0.05) is 25.3 Å². The smallest absolute Gasteiger partial charge is 0.262 e. The summed E-state index contributed by atoms with van der Waals surface area (Å²) in [6, 6.07) is 21.6. The molecule has 0 radical (unpaired) electrons. The van der Waals surface area contributed by atoms with Gasteiger partial charge in [0.2, 0.25) is 5.95 Å². The molecule has 0 spiro atoms. The van der Waals surface area contributed by atoms with Crippen LogP contribution in [0.2, 0.25) is 0 Å². The van der Waals surface area contributed by atoms with E-state index in [9.17, 15) is 4.79 Å². The maximum atomic E-state index is 13.0. The van der Waals surface area contributed by atoms with E-state index in [4.69, 9.17) is 4.74 Å². The molecule has 1 aromatic heterocycles. The molecule has 152 valence electrons. The van der Waals surface area contributed by atoms with Gasteiger partial charge in [-0.3, -0.25) is 9.36 Å². The Kier molecular flexibility index (Phi) is 6.15. The summed E-state index contributed by atoms with van der Waals surface area (Å²) in [5, 5.41) is 7.25. The van der Waals surface area contributed by atoms with Crippen LogP contribution in [0.3, 0.4) is 0 Å². The number of nitrogens with zero attached hydrogens (tertiary/aromatic N) is 3. The van der Waals surface area contributed by atoms with Gasteiger partial charge in [0.15, 0.2) is 0 Å². The van der Waals surface area contributed by atoms with E-state index in [0.717, 1.165) is 22.8 Å². The van der Waals surface area contributed by atoms with Crippen LogP contribution in [0.4, 0.5) is 5.95 Å². The summed E-state index contributed by atoms with van der Waals surface area (Å²) in [4.78, 5) is 17.6. The van der Waals surface area contributed by atoms with Crippen molar-refractivity contribution in [1.82, 2.24) is 9.55 Å². The van der Waals surface area contributed by atoms with Gasteiger partial charge < -0.3 is 4.74 Å². The van der Waals surface area contributed by atoms with Crippen molar-refractivity contribution in [3.05, 3.63) is 82.6 Å². The van der Waals surface area contributed by atoms with Gasteiger partial charge in [-0.05, 0) is 36.2 Å². The summed E-state index contributed by atoms with van der Waals surface area (Å²) < 4.78 is 7.04. The first-order chi connectivity index (χ1) is 14.8. The van der Waals surface area contributed by atoms with Crippen molar-refractivity contribution in [2.75, 3.05) is 18.6 Å². The fraction of sp³-hybridized carbons (Fsp3) is 0.208. The first-order valence-corrected chi connectivity index (χ1v) is 10.1. The van der Waals surface area contributed by atoms with Crippen molar-refractivity contribution < 1.29 is 4.74 Å². The van der Waals surface area contributed by atoms with E-state index >= 15 is 0 Å². The summed E-state index contributed by atoms with van der Waals surface area (Å²) in [6.07, 6.45) is 2.48. The van der Waals surface area contributed by atoms with E-state index in [-0.39, 0.29) is 5.56 Å². The first-order valence-electron chi connectivity index (χ1n) is 10.1. The lowest BCUT2D eigenvalue weighted by atomic mass is 10.1. The van der Waals surface area contributed by atoms with Crippen LogP contribution in [0.15, 0.2) is 76.6 Å². The maximum absolute atomic E-state index is 13.0. The van der Waals surface area contributed by atoms with Crippen LogP contribution in [0, 0.1) is 0 Å². The highest BCUT2D eigenvalue weighted by Crippen LogP contribution is 2.17. The van der Waals surface area contributed by atoms with Crippen LogP contribution >= 0.6 is 0 Å². The second-order valence-corrected chi connectivity index (χ2v) is 6.90. The Labute approximate surface area is 174 Å². The third-order valence-electron chi connectivity index (χ3n) is 4.93. The number of rotatable bonds is 8. The number of para-hydroxylation sites is 1. The van der Waals surface area contributed by atoms with Crippen LogP contribution < -0.4 is 11.0 Å². The molecule has 0 fully saturated rings. The van der Waals surface area contributed by atoms with Crippen LogP contribution in [-0.4, -0.2) is 29.0 Å². The van der Waals surface area contributed by atoms with E-state index in [0.29, 0.717) is 36.6 Å². The summed E-state index contributed by atoms with van der Waals surface area (Å²) in [5.74, 6) is 0.423. The molecule has 0 amide bonds. The van der Waals surface area contributed by atoms with Crippen LogP contribution in [0.5, 0.6) is 0 Å². The SMILES string of the molecule is CCOCCCn1c(N/N=C\c2cccc3ccccc23)nc2ccccc2c1=O. The van der Waals surface area contributed by atoms with Gasteiger partial charge in [-0.25, -0.2) is 10.4 Å². The zero-order valence-electron chi connectivity index (χ0n) is 16.9. The average Bonchev–Trinajstić information content (AvgIpc) is 2.78. The van der Waals surface area contributed by atoms with Gasteiger partial charge in [-0.1, -0.05) is 54.6 Å². The minimum absolute atomic E-state index is 0.0834. The molecule has 6 heteroatoms. The minimum atomic E-state index is -0.0834. The molecule has 3 aromatic carbocycles. The summed E-state index contributed by atoms with van der Waals surface area (Å²) in [6.45, 7) is 3.71. The summed E-state index contributed by atoms with van der Waals surface area (Å²) in [7, 11) is 0. The van der Waals surface area contributed by atoms with Crippen molar-refractivity contribution in [2.24, 2.45) is 5.10 Å². The molecular formula is C24H24N4O2. The number of aromatic nitrogens is 2. The summed E-state index contributed by atoms with van der Waals surface area (Å²) >= 11 is 0. The molecule has 0 saturated carbocycles. The van der Waals surface area contributed by atoms with Crippen molar-refractivity contribution in [3.8, 4) is 0 Å². The second-order valence-electron chi connectivity index (χ2n) is 6.90. The Hall–Kier alpha value is -3.51. The summed E-state index contributed by atoms with van der Waals surface area (Å²) in [5.41, 5.74) is 4.53. The van der Waals surface area contributed by atoms with Crippen molar-refractivity contribution in [2.45, 2.75) is 19.9 Å². The number of fused-ring (bicyclic) bond motifs is 2. The van der Waals surface area contributed by atoms with E-state index in [1.165, 1.54) is 0 Å². The molecule has 4 rings (SSSR count). The molecule has 1 heterocycles. The highest BCUT2D eigenvalue weighted by Gasteiger charge is 2.10. The maximum Gasteiger partial charge on any atom is 0.262 e.